The van der Waals surface area contributed by atoms with Gasteiger partial charge in [-0.3, -0.25) is 14.6 Å². The number of aromatic nitrogens is 1. The first kappa shape index (κ1) is 22.6. The average Bonchev–Trinajstić information content (AvgIpc) is 2.82. The van der Waals surface area contributed by atoms with Gasteiger partial charge in [0, 0.05) is 36.8 Å². The minimum absolute atomic E-state index is 0.0844. The van der Waals surface area contributed by atoms with Crippen molar-refractivity contribution in [1.29, 1.82) is 0 Å². The number of rotatable bonds is 5. The van der Waals surface area contributed by atoms with E-state index in [4.69, 9.17) is 4.98 Å². The second-order valence-corrected chi connectivity index (χ2v) is 8.63. The fraction of sp³-hybridized carbons (Fsp3) is 0.296. The van der Waals surface area contributed by atoms with Gasteiger partial charge in [0.15, 0.2) is 0 Å². The fourth-order valence-corrected chi connectivity index (χ4v) is 4.34. The number of pyridine rings is 1. The molecule has 1 aliphatic heterocycles. The van der Waals surface area contributed by atoms with Crippen LogP contribution in [0.5, 0.6) is 0 Å². The number of piperidine rings is 1. The molecule has 4 rings (SSSR count). The molecule has 6 heteroatoms. The van der Waals surface area contributed by atoms with Gasteiger partial charge in [-0.25, -0.2) is 4.39 Å². The highest BCUT2D eigenvalue weighted by molar-refractivity contribution is 5.95. The summed E-state index contributed by atoms with van der Waals surface area (Å²) >= 11 is 0. The summed E-state index contributed by atoms with van der Waals surface area (Å²) in [5.41, 5.74) is 4.79. The van der Waals surface area contributed by atoms with Crippen LogP contribution in [0.1, 0.15) is 62.0 Å². The number of hydrogen-bond donors (Lipinski definition) is 1. The number of amides is 2. The fourth-order valence-electron chi connectivity index (χ4n) is 4.34. The topological polar surface area (TPSA) is 62.3 Å². The molecule has 0 atom stereocenters. The largest absolute Gasteiger partial charge is 0.348 e. The van der Waals surface area contributed by atoms with E-state index in [9.17, 15) is 14.0 Å². The maximum absolute atomic E-state index is 13.5. The Hall–Kier alpha value is -3.54. The molecule has 3 aromatic rings. The second-order valence-electron chi connectivity index (χ2n) is 8.63. The second kappa shape index (κ2) is 9.94. The molecule has 2 aromatic carbocycles. The van der Waals surface area contributed by atoms with Crippen molar-refractivity contribution in [3.8, 4) is 0 Å². The predicted octanol–water partition coefficient (Wildman–Crippen LogP) is 4.79. The van der Waals surface area contributed by atoms with E-state index in [1.807, 2.05) is 44.2 Å². The maximum atomic E-state index is 13.5. The van der Waals surface area contributed by atoms with Crippen LogP contribution < -0.4 is 5.32 Å². The lowest BCUT2D eigenvalue weighted by Gasteiger charge is -2.32. The highest BCUT2D eigenvalue weighted by Crippen LogP contribution is 2.30. The summed E-state index contributed by atoms with van der Waals surface area (Å²) in [4.78, 5) is 32.2. The third-order valence-corrected chi connectivity index (χ3v) is 6.08. The molecular weight excluding hydrogens is 417 g/mol. The molecule has 0 spiro atoms. The third kappa shape index (κ3) is 5.45. The summed E-state index contributed by atoms with van der Waals surface area (Å²) in [6, 6.07) is 17.5. The van der Waals surface area contributed by atoms with Crippen LogP contribution in [-0.2, 0) is 6.54 Å². The van der Waals surface area contributed by atoms with Crippen LogP contribution in [0, 0.1) is 19.7 Å². The van der Waals surface area contributed by atoms with Gasteiger partial charge in [-0.2, -0.15) is 0 Å². The average molecular weight is 446 g/mol. The Morgan fingerprint density at radius 1 is 1.03 bits per heavy atom. The zero-order valence-electron chi connectivity index (χ0n) is 19.0. The van der Waals surface area contributed by atoms with Crippen molar-refractivity contribution in [2.45, 2.75) is 39.2 Å². The Kier molecular flexibility index (Phi) is 6.82. The molecule has 1 aromatic heterocycles. The van der Waals surface area contributed by atoms with Crippen LogP contribution in [-0.4, -0.2) is 34.8 Å². The lowest BCUT2D eigenvalue weighted by Crippen LogP contribution is -2.38. The van der Waals surface area contributed by atoms with Crippen molar-refractivity contribution in [3.63, 3.8) is 0 Å². The molecule has 0 aliphatic carbocycles. The van der Waals surface area contributed by atoms with Gasteiger partial charge in [0.1, 0.15) is 5.82 Å². The third-order valence-electron chi connectivity index (χ3n) is 6.08. The van der Waals surface area contributed by atoms with Gasteiger partial charge < -0.3 is 10.2 Å². The number of nitrogens with zero attached hydrogens (tertiary/aromatic N) is 2. The van der Waals surface area contributed by atoms with E-state index in [1.165, 1.54) is 12.1 Å². The lowest BCUT2D eigenvalue weighted by atomic mass is 9.89. The van der Waals surface area contributed by atoms with Crippen molar-refractivity contribution in [2.75, 3.05) is 13.1 Å². The Balaban J connectivity index is 1.44. The molecule has 0 unspecified atom stereocenters. The number of carbonyl (C=O) groups excluding carboxylic acids is 2. The molecule has 2 heterocycles. The van der Waals surface area contributed by atoms with Crippen LogP contribution in [0.15, 0.2) is 60.7 Å². The Bertz CT molecular complexity index is 1170. The summed E-state index contributed by atoms with van der Waals surface area (Å²) in [5, 5.41) is 3.02. The first-order valence-electron chi connectivity index (χ1n) is 11.3. The van der Waals surface area contributed by atoms with E-state index in [0.29, 0.717) is 43.6 Å². The zero-order chi connectivity index (χ0) is 23.4. The molecular formula is C27H28FN3O2. The standard InChI is InChI=1S/C27H28FN3O2/c1-18-5-3-6-20(15-18)17-29-26(32)24-10-9-19(2)30-25(24)21-11-13-31(14-12-21)27(33)22-7-4-8-23(28)16-22/h3-10,15-16,21H,11-14,17H2,1-2H3,(H,29,32). The van der Waals surface area contributed by atoms with E-state index in [-0.39, 0.29) is 17.7 Å². The SMILES string of the molecule is Cc1cccc(CNC(=O)c2ccc(C)nc2C2CCN(C(=O)c3cccc(F)c3)CC2)c1. The molecule has 0 bridgehead atoms. The summed E-state index contributed by atoms with van der Waals surface area (Å²) in [5.74, 6) is -0.638. The molecule has 33 heavy (non-hydrogen) atoms. The Morgan fingerprint density at radius 3 is 2.52 bits per heavy atom. The number of benzene rings is 2. The normalized spacial score (nSPS) is 14.2. The van der Waals surface area contributed by atoms with Crippen molar-refractivity contribution in [1.82, 2.24) is 15.2 Å². The van der Waals surface area contributed by atoms with Crippen molar-refractivity contribution in [3.05, 3.63) is 100 Å². The van der Waals surface area contributed by atoms with Crippen LogP contribution in [0.2, 0.25) is 0 Å². The minimum atomic E-state index is -0.416. The summed E-state index contributed by atoms with van der Waals surface area (Å²) < 4.78 is 13.5. The number of hydrogen-bond acceptors (Lipinski definition) is 3. The van der Waals surface area contributed by atoms with Gasteiger partial charge in [-0.05, 0) is 62.6 Å². The zero-order valence-corrected chi connectivity index (χ0v) is 19.0. The van der Waals surface area contributed by atoms with Crippen molar-refractivity contribution in [2.24, 2.45) is 0 Å². The predicted molar refractivity (Wildman–Crippen MR) is 126 cm³/mol. The maximum Gasteiger partial charge on any atom is 0.253 e. The molecule has 1 aliphatic rings. The Morgan fingerprint density at radius 2 is 1.79 bits per heavy atom. The van der Waals surface area contributed by atoms with Crippen LogP contribution in [0.4, 0.5) is 4.39 Å². The van der Waals surface area contributed by atoms with E-state index >= 15 is 0 Å². The summed E-state index contributed by atoms with van der Waals surface area (Å²) in [7, 11) is 0. The molecule has 0 radical (unpaired) electrons. The highest BCUT2D eigenvalue weighted by Gasteiger charge is 2.28. The van der Waals surface area contributed by atoms with Gasteiger partial charge in [0.25, 0.3) is 11.8 Å². The summed E-state index contributed by atoms with van der Waals surface area (Å²) in [6.07, 6.45) is 1.41. The molecule has 1 fully saturated rings. The Labute approximate surface area is 193 Å². The van der Waals surface area contributed by atoms with Crippen LogP contribution in [0.25, 0.3) is 0 Å². The molecule has 2 amide bonds. The van der Waals surface area contributed by atoms with Crippen molar-refractivity contribution >= 4 is 11.8 Å². The lowest BCUT2D eigenvalue weighted by molar-refractivity contribution is 0.0710. The smallest absolute Gasteiger partial charge is 0.253 e. The minimum Gasteiger partial charge on any atom is -0.348 e. The van der Waals surface area contributed by atoms with Crippen LogP contribution >= 0.6 is 0 Å². The first-order chi connectivity index (χ1) is 15.9. The van der Waals surface area contributed by atoms with Gasteiger partial charge in [0.2, 0.25) is 0 Å². The monoisotopic (exact) mass is 445 g/mol. The molecule has 0 saturated carbocycles. The molecule has 1 saturated heterocycles. The molecule has 170 valence electrons. The molecule has 5 nitrogen and oxygen atoms in total. The number of aryl methyl sites for hydroxylation is 2. The van der Waals surface area contributed by atoms with Crippen LogP contribution in [0.3, 0.4) is 0 Å². The number of nitrogens with one attached hydrogen (secondary N) is 1. The van der Waals surface area contributed by atoms with Gasteiger partial charge >= 0.3 is 0 Å². The summed E-state index contributed by atoms with van der Waals surface area (Å²) in [6.45, 7) is 5.48. The van der Waals surface area contributed by atoms with E-state index in [1.54, 1.807) is 17.0 Å². The van der Waals surface area contributed by atoms with Gasteiger partial charge in [-0.1, -0.05) is 35.9 Å². The van der Waals surface area contributed by atoms with Gasteiger partial charge in [0.05, 0.1) is 11.3 Å². The first-order valence-corrected chi connectivity index (χ1v) is 11.3. The van der Waals surface area contributed by atoms with Crippen molar-refractivity contribution < 1.29 is 14.0 Å². The number of likely N-dealkylation sites (tertiary alicyclic amines) is 1. The van der Waals surface area contributed by atoms with E-state index in [0.717, 1.165) is 22.5 Å². The number of carbonyl (C=O) groups is 2. The molecule has 1 N–H and O–H groups in total. The van der Waals surface area contributed by atoms with E-state index < -0.39 is 5.82 Å². The number of halogens is 1. The van der Waals surface area contributed by atoms with Gasteiger partial charge in [-0.15, -0.1) is 0 Å². The highest BCUT2D eigenvalue weighted by atomic mass is 19.1. The van der Waals surface area contributed by atoms with E-state index in [2.05, 4.69) is 11.4 Å². The quantitative estimate of drug-likeness (QED) is 0.614.